The van der Waals surface area contributed by atoms with Crippen molar-refractivity contribution in [3.8, 4) is 5.75 Å². The van der Waals surface area contributed by atoms with E-state index in [2.05, 4.69) is 4.74 Å². The lowest BCUT2D eigenvalue weighted by molar-refractivity contribution is -0.398. The van der Waals surface area contributed by atoms with Crippen LogP contribution in [-0.4, -0.2) is 41.6 Å². The number of halogens is 9. The Kier molecular flexibility index (Phi) is 5.02. The van der Waals surface area contributed by atoms with Crippen molar-refractivity contribution in [1.29, 1.82) is 0 Å². The average Bonchev–Trinajstić information content (AvgIpc) is 2.44. The molecule has 12 heteroatoms. The monoisotopic (exact) mass is 370 g/mol. The van der Waals surface area contributed by atoms with Crippen molar-refractivity contribution in [1.82, 2.24) is 0 Å². The Balaban J connectivity index is 2.94. The molecular weight excluding hydrogens is 363 g/mol. The molecule has 0 spiro atoms. The summed E-state index contributed by atoms with van der Waals surface area (Å²) in [7, 11) is 0. The summed E-state index contributed by atoms with van der Waals surface area (Å²) in [6, 6.07) is 3.11. The number of ether oxygens (including phenoxy) is 1. The number of carboxylic acid groups (broad SMARTS) is 1. The lowest BCUT2D eigenvalue weighted by Gasteiger charge is -2.33. The van der Waals surface area contributed by atoms with Crippen LogP contribution in [0.4, 0.5) is 39.5 Å². The molecule has 0 aromatic heterocycles. The van der Waals surface area contributed by atoms with Crippen LogP contribution in [0, 0.1) is 0 Å². The molecule has 24 heavy (non-hydrogen) atoms. The summed E-state index contributed by atoms with van der Waals surface area (Å²) in [5.41, 5.74) is -0.331. The van der Waals surface area contributed by atoms with Crippen molar-refractivity contribution in [2.24, 2.45) is 0 Å². The molecule has 136 valence electrons. The maximum Gasteiger partial charge on any atom is 0.460 e. The zero-order valence-electron chi connectivity index (χ0n) is 11.2. The summed E-state index contributed by atoms with van der Waals surface area (Å²) in [5.74, 6) is -21.7. The summed E-state index contributed by atoms with van der Waals surface area (Å²) >= 11 is 0. The molecule has 1 N–H and O–H groups in total. The second kappa shape index (κ2) is 6.06. The van der Waals surface area contributed by atoms with Gasteiger partial charge in [0.15, 0.2) is 6.61 Å². The fraction of sp³-hybridized carbons (Fsp3) is 0.417. The van der Waals surface area contributed by atoms with Gasteiger partial charge in [-0.2, -0.15) is 39.5 Å². The summed E-state index contributed by atoms with van der Waals surface area (Å²) in [6.45, 7) is -2.49. The molecule has 0 bridgehead atoms. The number of aromatic carboxylic acids is 1. The quantitative estimate of drug-likeness (QED) is 0.763. The number of rotatable bonds is 6. The molecule has 0 saturated heterocycles. The Hall–Kier alpha value is -2.14. The van der Waals surface area contributed by atoms with Crippen molar-refractivity contribution in [3.63, 3.8) is 0 Å². The van der Waals surface area contributed by atoms with Crippen molar-refractivity contribution < 1.29 is 54.2 Å². The lowest BCUT2D eigenvalue weighted by Crippen LogP contribution is -2.62. The van der Waals surface area contributed by atoms with E-state index < -0.39 is 42.3 Å². The predicted molar refractivity (Wildman–Crippen MR) is 59.8 cm³/mol. The van der Waals surface area contributed by atoms with E-state index in [1.807, 2.05) is 0 Å². The Bertz CT molecular complexity index is 593. The highest BCUT2D eigenvalue weighted by Crippen LogP contribution is 2.53. The largest absolute Gasteiger partial charge is 0.487 e. The van der Waals surface area contributed by atoms with E-state index in [9.17, 15) is 44.3 Å². The lowest BCUT2D eigenvalue weighted by atomic mass is 10.0. The van der Waals surface area contributed by atoms with Gasteiger partial charge < -0.3 is 9.84 Å². The standard InChI is InChI=1S/C12H7F9O3/c13-9(14,10(15,16)11(17,18)12(19,20)21)5-24-7-3-1-6(2-4-7)8(22)23/h1-4H,5H2,(H,22,23). The summed E-state index contributed by atoms with van der Waals surface area (Å²) in [5, 5.41) is 8.56. The van der Waals surface area contributed by atoms with Crippen LogP contribution in [0.2, 0.25) is 0 Å². The Morgan fingerprint density at radius 2 is 1.33 bits per heavy atom. The number of benzene rings is 1. The second-order valence-corrected chi connectivity index (χ2v) is 4.47. The van der Waals surface area contributed by atoms with Crippen molar-refractivity contribution in [2.45, 2.75) is 23.9 Å². The SMILES string of the molecule is O=C(O)c1ccc(OCC(F)(F)C(F)(F)C(F)(F)C(F)(F)F)cc1. The number of alkyl halides is 9. The molecule has 1 aromatic rings. The molecular formula is C12H7F9O3. The van der Waals surface area contributed by atoms with Gasteiger partial charge in [0.1, 0.15) is 5.75 Å². The van der Waals surface area contributed by atoms with Gasteiger partial charge in [0.25, 0.3) is 0 Å². The third-order valence-electron chi connectivity index (χ3n) is 2.73. The number of carboxylic acids is 1. The van der Waals surface area contributed by atoms with Crippen molar-refractivity contribution >= 4 is 5.97 Å². The third kappa shape index (κ3) is 3.51. The molecule has 0 radical (unpaired) electrons. The highest BCUT2D eigenvalue weighted by atomic mass is 19.4. The second-order valence-electron chi connectivity index (χ2n) is 4.47. The van der Waals surface area contributed by atoms with Gasteiger partial charge in [-0.3, -0.25) is 0 Å². The van der Waals surface area contributed by atoms with Gasteiger partial charge in [-0.1, -0.05) is 0 Å². The van der Waals surface area contributed by atoms with Gasteiger partial charge in [0, 0.05) is 0 Å². The zero-order valence-corrected chi connectivity index (χ0v) is 11.2. The molecule has 0 fully saturated rings. The van der Waals surface area contributed by atoms with Crippen molar-refractivity contribution in [3.05, 3.63) is 29.8 Å². The minimum absolute atomic E-state index is 0.331. The molecule has 0 unspecified atom stereocenters. The highest BCUT2D eigenvalue weighted by Gasteiger charge is 2.81. The van der Waals surface area contributed by atoms with Gasteiger partial charge in [-0.15, -0.1) is 0 Å². The van der Waals surface area contributed by atoms with E-state index in [4.69, 9.17) is 5.11 Å². The number of hydrogen-bond donors (Lipinski definition) is 1. The van der Waals surface area contributed by atoms with Crippen LogP contribution in [0.3, 0.4) is 0 Å². The summed E-state index contributed by atoms with van der Waals surface area (Å²) in [4.78, 5) is 10.5. The molecule has 1 rings (SSSR count). The van der Waals surface area contributed by atoms with Crippen molar-refractivity contribution in [2.75, 3.05) is 6.61 Å². The van der Waals surface area contributed by atoms with E-state index in [1.54, 1.807) is 0 Å². The smallest absolute Gasteiger partial charge is 0.460 e. The van der Waals surface area contributed by atoms with E-state index in [1.165, 1.54) is 0 Å². The zero-order chi connectivity index (χ0) is 19.0. The highest BCUT2D eigenvalue weighted by molar-refractivity contribution is 5.87. The molecule has 0 aliphatic heterocycles. The van der Waals surface area contributed by atoms with Gasteiger partial charge in [0.2, 0.25) is 0 Å². The van der Waals surface area contributed by atoms with Gasteiger partial charge in [-0.25, -0.2) is 4.79 Å². The first-order chi connectivity index (χ1) is 10.6. The first-order valence-electron chi connectivity index (χ1n) is 5.80. The van der Waals surface area contributed by atoms with Crippen LogP contribution in [0.1, 0.15) is 10.4 Å². The Labute approximate surface area is 127 Å². The average molecular weight is 370 g/mol. The molecule has 1 aromatic carbocycles. The molecule has 0 saturated carbocycles. The van der Waals surface area contributed by atoms with Gasteiger partial charge >= 0.3 is 29.9 Å². The van der Waals surface area contributed by atoms with E-state index in [0.717, 1.165) is 24.3 Å². The minimum atomic E-state index is -6.99. The number of carbonyl (C=O) groups is 1. The first-order valence-corrected chi connectivity index (χ1v) is 5.80. The molecule has 3 nitrogen and oxygen atoms in total. The molecule has 0 atom stereocenters. The van der Waals surface area contributed by atoms with Crippen LogP contribution in [0.25, 0.3) is 0 Å². The van der Waals surface area contributed by atoms with E-state index in [0.29, 0.717) is 0 Å². The fourth-order valence-corrected chi connectivity index (χ4v) is 1.37. The van der Waals surface area contributed by atoms with E-state index in [-0.39, 0.29) is 5.56 Å². The molecule has 0 aliphatic carbocycles. The maximum atomic E-state index is 13.2. The summed E-state index contributed by atoms with van der Waals surface area (Å²) in [6.07, 6.45) is -6.90. The van der Waals surface area contributed by atoms with Crippen LogP contribution >= 0.6 is 0 Å². The van der Waals surface area contributed by atoms with Gasteiger partial charge in [0.05, 0.1) is 5.56 Å². The van der Waals surface area contributed by atoms with Crippen LogP contribution < -0.4 is 4.74 Å². The number of hydrogen-bond acceptors (Lipinski definition) is 2. The predicted octanol–water partition coefficient (Wildman–Crippen LogP) is 4.23. The molecule has 0 amide bonds. The molecule has 0 aliphatic rings. The fourth-order valence-electron chi connectivity index (χ4n) is 1.37. The van der Waals surface area contributed by atoms with Crippen LogP contribution in [0.5, 0.6) is 5.75 Å². The topological polar surface area (TPSA) is 46.5 Å². The minimum Gasteiger partial charge on any atom is -0.487 e. The normalized spacial score (nSPS) is 13.7. The third-order valence-corrected chi connectivity index (χ3v) is 2.73. The van der Waals surface area contributed by atoms with Crippen LogP contribution in [0.15, 0.2) is 24.3 Å². The van der Waals surface area contributed by atoms with E-state index >= 15 is 0 Å². The summed E-state index contributed by atoms with van der Waals surface area (Å²) < 4.78 is 117. The Morgan fingerprint density at radius 3 is 1.71 bits per heavy atom. The Morgan fingerprint density at radius 1 is 0.875 bits per heavy atom. The van der Waals surface area contributed by atoms with Gasteiger partial charge in [-0.05, 0) is 24.3 Å². The molecule has 0 heterocycles. The maximum absolute atomic E-state index is 13.2. The first kappa shape index (κ1) is 19.9. The van der Waals surface area contributed by atoms with Crippen LogP contribution in [-0.2, 0) is 0 Å².